The van der Waals surface area contributed by atoms with E-state index < -0.39 is 0 Å². The summed E-state index contributed by atoms with van der Waals surface area (Å²) in [6.07, 6.45) is 3.02. The normalized spacial score (nSPS) is 10.2. The van der Waals surface area contributed by atoms with Gasteiger partial charge in [0.05, 0.1) is 6.61 Å². The molecule has 0 saturated heterocycles. The number of anilines is 2. The average molecular weight is 236 g/mol. The van der Waals surface area contributed by atoms with Crippen molar-refractivity contribution in [2.75, 3.05) is 18.1 Å². The van der Waals surface area contributed by atoms with Crippen LogP contribution in [0.5, 0.6) is 0 Å². The fraction of sp³-hybridized carbons (Fsp3) is 0.462. The third-order valence-corrected chi connectivity index (χ3v) is 2.43. The van der Waals surface area contributed by atoms with Crippen LogP contribution in [0.3, 0.4) is 0 Å². The van der Waals surface area contributed by atoms with Gasteiger partial charge in [-0.1, -0.05) is 13.3 Å². The van der Waals surface area contributed by atoms with Crippen molar-refractivity contribution in [1.82, 2.24) is 0 Å². The SMILES string of the molecule is CCCCC(=O)OCCc1cc(N)cc(N)c1. The van der Waals surface area contributed by atoms with Crippen LogP contribution in [0.25, 0.3) is 0 Å². The molecule has 1 aromatic rings. The molecule has 0 heterocycles. The number of hydrogen-bond acceptors (Lipinski definition) is 4. The van der Waals surface area contributed by atoms with Gasteiger partial charge in [0.25, 0.3) is 0 Å². The summed E-state index contributed by atoms with van der Waals surface area (Å²) >= 11 is 0. The largest absolute Gasteiger partial charge is 0.465 e. The van der Waals surface area contributed by atoms with Gasteiger partial charge in [0.15, 0.2) is 0 Å². The molecule has 0 bridgehead atoms. The molecule has 0 aliphatic heterocycles. The van der Waals surface area contributed by atoms with Crippen molar-refractivity contribution in [3.05, 3.63) is 23.8 Å². The van der Waals surface area contributed by atoms with Crippen molar-refractivity contribution in [3.8, 4) is 0 Å². The molecule has 0 saturated carbocycles. The van der Waals surface area contributed by atoms with Gasteiger partial charge < -0.3 is 16.2 Å². The molecule has 0 amide bonds. The van der Waals surface area contributed by atoms with Crippen LogP contribution in [0.15, 0.2) is 18.2 Å². The lowest BCUT2D eigenvalue weighted by Gasteiger charge is -2.06. The predicted molar refractivity (Wildman–Crippen MR) is 69.5 cm³/mol. The number of unbranched alkanes of at least 4 members (excludes halogenated alkanes) is 1. The summed E-state index contributed by atoms with van der Waals surface area (Å²) in [6, 6.07) is 5.39. The summed E-state index contributed by atoms with van der Waals surface area (Å²) in [7, 11) is 0. The molecule has 4 heteroatoms. The first-order valence-corrected chi connectivity index (χ1v) is 5.92. The minimum absolute atomic E-state index is 0.135. The highest BCUT2D eigenvalue weighted by molar-refractivity contribution is 5.69. The highest BCUT2D eigenvalue weighted by Gasteiger charge is 2.02. The second kappa shape index (κ2) is 6.78. The summed E-state index contributed by atoms with van der Waals surface area (Å²) in [6.45, 7) is 2.42. The number of ether oxygens (including phenoxy) is 1. The van der Waals surface area contributed by atoms with Crippen LogP contribution in [-0.2, 0) is 16.0 Å². The molecule has 94 valence electrons. The summed E-state index contributed by atoms with van der Waals surface area (Å²) in [5.41, 5.74) is 13.6. The van der Waals surface area contributed by atoms with Gasteiger partial charge in [-0.3, -0.25) is 4.79 Å². The average Bonchev–Trinajstić information content (AvgIpc) is 2.25. The van der Waals surface area contributed by atoms with E-state index in [9.17, 15) is 4.79 Å². The summed E-state index contributed by atoms with van der Waals surface area (Å²) in [5.74, 6) is -0.135. The topological polar surface area (TPSA) is 78.3 Å². The Balaban J connectivity index is 2.33. The zero-order chi connectivity index (χ0) is 12.7. The molecule has 0 aliphatic carbocycles. The van der Waals surface area contributed by atoms with E-state index in [2.05, 4.69) is 0 Å². The first kappa shape index (κ1) is 13.4. The fourth-order valence-corrected chi connectivity index (χ4v) is 1.57. The predicted octanol–water partition coefficient (Wildman–Crippen LogP) is 2.13. The van der Waals surface area contributed by atoms with Crippen molar-refractivity contribution in [2.24, 2.45) is 0 Å². The lowest BCUT2D eigenvalue weighted by atomic mass is 10.1. The van der Waals surface area contributed by atoms with Crippen molar-refractivity contribution >= 4 is 17.3 Å². The van der Waals surface area contributed by atoms with E-state index in [1.807, 2.05) is 19.1 Å². The minimum Gasteiger partial charge on any atom is -0.465 e. The number of rotatable bonds is 6. The van der Waals surface area contributed by atoms with Crippen LogP contribution in [0.2, 0.25) is 0 Å². The van der Waals surface area contributed by atoms with E-state index in [1.165, 1.54) is 0 Å². The van der Waals surface area contributed by atoms with E-state index >= 15 is 0 Å². The zero-order valence-corrected chi connectivity index (χ0v) is 10.2. The smallest absolute Gasteiger partial charge is 0.305 e. The van der Waals surface area contributed by atoms with Gasteiger partial charge in [-0.15, -0.1) is 0 Å². The van der Waals surface area contributed by atoms with E-state index in [1.54, 1.807) is 6.07 Å². The molecule has 1 aromatic carbocycles. The Labute approximate surface area is 102 Å². The first-order chi connectivity index (χ1) is 8.11. The minimum atomic E-state index is -0.135. The number of carbonyl (C=O) groups excluding carboxylic acids is 1. The van der Waals surface area contributed by atoms with Crippen molar-refractivity contribution in [3.63, 3.8) is 0 Å². The van der Waals surface area contributed by atoms with Crippen molar-refractivity contribution < 1.29 is 9.53 Å². The second-order valence-corrected chi connectivity index (χ2v) is 4.08. The maximum Gasteiger partial charge on any atom is 0.305 e. The highest BCUT2D eigenvalue weighted by atomic mass is 16.5. The molecule has 4 nitrogen and oxygen atoms in total. The Kier molecular flexibility index (Phi) is 5.33. The molecule has 4 N–H and O–H groups in total. The number of carbonyl (C=O) groups is 1. The Morgan fingerprint density at radius 1 is 1.24 bits per heavy atom. The molecule has 0 radical (unpaired) electrons. The van der Waals surface area contributed by atoms with Crippen LogP contribution in [0.1, 0.15) is 31.7 Å². The van der Waals surface area contributed by atoms with Gasteiger partial charge >= 0.3 is 5.97 Å². The Morgan fingerprint density at radius 3 is 2.47 bits per heavy atom. The zero-order valence-electron chi connectivity index (χ0n) is 10.2. The molecule has 1 rings (SSSR count). The standard InChI is InChI=1S/C13H20N2O2/c1-2-3-4-13(16)17-6-5-10-7-11(14)9-12(15)8-10/h7-9H,2-6,14-15H2,1H3. The summed E-state index contributed by atoms with van der Waals surface area (Å²) < 4.78 is 5.11. The Bertz CT molecular complexity index is 357. The van der Waals surface area contributed by atoms with Gasteiger partial charge in [-0.25, -0.2) is 0 Å². The summed E-state index contributed by atoms with van der Waals surface area (Å²) in [4.78, 5) is 11.3. The monoisotopic (exact) mass is 236 g/mol. The molecule has 0 spiro atoms. The quantitative estimate of drug-likeness (QED) is 0.586. The number of nitrogen functional groups attached to an aromatic ring is 2. The van der Waals surface area contributed by atoms with Crippen LogP contribution < -0.4 is 11.5 Å². The Morgan fingerprint density at radius 2 is 1.88 bits per heavy atom. The summed E-state index contributed by atoms with van der Waals surface area (Å²) in [5, 5.41) is 0. The molecular formula is C13H20N2O2. The van der Waals surface area contributed by atoms with E-state index in [-0.39, 0.29) is 5.97 Å². The molecule has 0 fully saturated rings. The maximum atomic E-state index is 11.3. The van der Waals surface area contributed by atoms with Crippen LogP contribution in [-0.4, -0.2) is 12.6 Å². The Hall–Kier alpha value is -1.71. The van der Waals surface area contributed by atoms with Gasteiger partial charge in [0.2, 0.25) is 0 Å². The van der Waals surface area contributed by atoms with Gasteiger partial charge in [0, 0.05) is 24.2 Å². The molecule has 17 heavy (non-hydrogen) atoms. The second-order valence-electron chi connectivity index (χ2n) is 4.08. The van der Waals surface area contributed by atoms with Gasteiger partial charge in [0.1, 0.15) is 0 Å². The van der Waals surface area contributed by atoms with Crippen molar-refractivity contribution in [1.29, 1.82) is 0 Å². The van der Waals surface area contributed by atoms with Gasteiger partial charge in [-0.2, -0.15) is 0 Å². The van der Waals surface area contributed by atoms with Crippen molar-refractivity contribution in [2.45, 2.75) is 32.6 Å². The first-order valence-electron chi connectivity index (χ1n) is 5.92. The van der Waals surface area contributed by atoms with E-state index in [4.69, 9.17) is 16.2 Å². The lowest BCUT2D eigenvalue weighted by molar-refractivity contribution is -0.143. The molecule has 0 aromatic heterocycles. The number of esters is 1. The van der Waals surface area contributed by atoms with E-state index in [0.29, 0.717) is 30.8 Å². The van der Waals surface area contributed by atoms with Crippen LogP contribution in [0, 0.1) is 0 Å². The number of hydrogen-bond donors (Lipinski definition) is 2. The third-order valence-electron chi connectivity index (χ3n) is 2.43. The molecule has 0 aliphatic rings. The molecular weight excluding hydrogens is 216 g/mol. The maximum absolute atomic E-state index is 11.3. The third kappa shape index (κ3) is 5.24. The van der Waals surface area contributed by atoms with Gasteiger partial charge in [-0.05, 0) is 30.2 Å². The highest BCUT2D eigenvalue weighted by Crippen LogP contribution is 2.14. The van der Waals surface area contributed by atoms with Crippen LogP contribution in [0.4, 0.5) is 11.4 Å². The molecule has 0 unspecified atom stereocenters. The fourth-order valence-electron chi connectivity index (χ4n) is 1.57. The van der Waals surface area contributed by atoms with Crippen LogP contribution >= 0.6 is 0 Å². The number of nitrogens with two attached hydrogens (primary N) is 2. The number of benzene rings is 1. The lowest BCUT2D eigenvalue weighted by Crippen LogP contribution is -2.07. The molecule has 0 atom stereocenters. The van der Waals surface area contributed by atoms with E-state index in [0.717, 1.165) is 18.4 Å².